The van der Waals surface area contributed by atoms with E-state index in [2.05, 4.69) is 6.58 Å². The van der Waals surface area contributed by atoms with Crippen LogP contribution in [0.4, 0.5) is 0 Å². The van der Waals surface area contributed by atoms with Gasteiger partial charge in [-0.1, -0.05) is 20.4 Å². The fourth-order valence-electron chi connectivity index (χ4n) is 1.29. The molecule has 0 saturated carbocycles. The van der Waals surface area contributed by atoms with Gasteiger partial charge in [-0.2, -0.15) is 0 Å². The fourth-order valence-corrected chi connectivity index (χ4v) is 3.30. The molecule has 0 fully saturated rings. The highest BCUT2D eigenvalue weighted by molar-refractivity contribution is 6.72. The van der Waals surface area contributed by atoms with Gasteiger partial charge in [0.2, 0.25) is 0 Å². The van der Waals surface area contributed by atoms with E-state index >= 15 is 0 Å². The number of ether oxygens (including phenoxy) is 1. The number of carbonyl (C=O) groups excluding carboxylic acids is 1. The van der Waals surface area contributed by atoms with Gasteiger partial charge in [0, 0.05) is 5.57 Å². The average Bonchev–Trinajstić information content (AvgIpc) is 2.23. The molecular formula is C11H22O3Si. The van der Waals surface area contributed by atoms with Crippen LogP contribution in [-0.2, 0) is 9.53 Å². The first-order valence-electron chi connectivity index (χ1n) is 5.50. The molecule has 0 aliphatic heterocycles. The van der Waals surface area contributed by atoms with Crippen molar-refractivity contribution in [3.8, 4) is 0 Å². The van der Waals surface area contributed by atoms with Crippen LogP contribution in [0.1, 0.15) is 27.2 Å². The van der Waals surface area contributed by atoms with Crippen molar-refractivity contribution < 1.29 is 14.3 Å². The summed E-state index contributed by atoms with van der Waals surface area (Å²) < 4.78 is 4.96. The summed E-state index contributed by atoms with van der Waals surface area (Å²) >= 11 is 0. The Kier molecular flexibility index (Phi) is 6.52. The maximum Gasteiger partial charge on any atom is 0.333 e. The smallest absolute Gasteiger partial charge is 0.333 e. The molecule has 0 aliphatic rings. The zero-order valence-electron chi connectivity index (χ0n) is 10.0. The van der Waals surface area contributed by atoms with Crippen molar-refractivity contribution in [2.24, 2.45) is 0 Å². The van der Waals surface area contributed by atoms with E-state index < -0.39 is 8.32 Å². The summed E-state index contributed by atoms with van der Waals surface area (Å²) in [6.45, 7) is 9.57. The first-order chi connectivity index (χ1) is 6.95. The number of hydrogen-bond acceptors (Lipinski definition) is 3. The van der Waals surface area contributed by atoms with Crippen LogP contribution in [0.2, 0.25) is 18.1 Å². The SMILES string of the molecule is C=C(C)C(=O)OCCC[Si](O)(CC)CC. The largest absolute Gasteiger partial charge is 0.462 e. The molecule has 88 valence electrons. The summed E-state index contributed by atoms with van der Waals surface area (Å²) in [5.41, 5.74) is 0.425. The summed E-state index contributed by atoms with van der Waals surface area (Å²) in [5, 5.41) is 0. The van der Waals surface area contributed by atoms with Crippen LogP contribution in [0.3, 0.4) is 0 Å². The number of carbonyl (C=O) groups is 1. The minimum Gasteiger partial charge on any atom is -0.462 e. The van der Waals surface area contributed by atoms with Crippen molar-refractivity contribution in [1.29, 1.82) is 0 Å². The molecule has 15 heavy (non-hydrogen) atoms. The summed E-state index contributed by atoms with van der Waals surface area (Å²) in [4.78, 5) is 21.1. The normalized spacial score (nSPS) is 11.2. The molecule has 4 heteroatoms. The van der Waals surface area contributed by atoms with E-state index in [4.69, 9.17) is 4.74 Å². The summed E-state index contributed by atoms with van der Waals surface area (Å²) in [6, 6.07) is 2.55. The summed E-state index contributed by atoms with van der Waals surface area (Å²) in [7, 11) is -2.01. The standard InChI is InChI=1S/C11H22O3Si/c1-5-15(13,6-2)9-7-8-14-11(12)10(3)4/h13H,3,5-9H2,1-2,4H3. The highest BCUT2D eigenvalue weighted by Gasteiger charge is 2.25. The quantitative estimate of drug-likeness (QED) is 0.316. The van der Waals surface area contributed by atoms with E-state index in [9.17, 15) is 9.59 Å². The molecule has 0 bridgehead atoms. The Morgan fingerprint density at radius 1 is 1.40 bits per heavy atom. The molecule has 0 radical (unpaired) electrons. The van der Waals surface area contributed by atoms with Crippen molar-refractivity contribution in [3.05, 3.63) is 12.2 Å². The van der Waals surface area contributed by atoms with Crippen LogP contribution < -0.4 is 0 Å². The molecule has 3 nitrogen and oxygen atoms in total. The maximum atomic E-state index is 11.0. The van der Waals surface area contributed by atoms with Crippen molar-refractivity contribution in [2.45, 2.75) is 45.3 Å². The molecule has 0 spiro atoms. The topological polar surface area (TPSA) is 46.5 Å². The van der Waals surface area contributed by atoms with E-state index in [-0.39, 0.29) is 5.97 Å². The number of rotatable bonds is 7. The van der Waals surface area contributed by atoms with Crippen LogP contribution in [0, 0.1) is 0 Å². The lowest BCUT2D eigenvalue weighted by atomic mass is 10.4. The fraction of sp³-hybridized carbons (Fsp3) is 0.727. The van der Waals surface area contributed by atoms with Gasteiger partial charge in [0.1, 0.15) is 0 Å². The van der Waals surface area contributed by atoms with Gasteiger partial charge in [0.15, 0.2) is 8.32 Å². The molecule has 0 atom stereocenters. The molecule has 0 amide bonds. The molecule has 0 aliphatic carbocycles. The third kappa shape index (κ3) is 5.74. The lowest BCUT2D eigenvalue weighted by Gasteiger charge is -2.21. The Bertz CT molecular complexity index is 222. The van der Waals surface area contributed by atoms with E-state index in [1.54, 1.807) is 6.92 Å². The monoisotopic (exact) mass is 230 g/mol. The maximum absolute atomic E-state index is 11.0. The van der Waals surface area contributed by atoms with Crippen molar-refractivity contribution >= 4 is 14.3 Å². The Labute approximate surface area is 93.3 Å². The van der Waals surface area contributed by atoms with Crippen molar-refractivity contribution in [3.63, 3.8) is 0 Å². The molecule has 0 saturated heterocycles. The first kappa shape index (κ1) is 14.4. The molecule has 0 unspecified atom stereocenters. The van der Waals surface area contributed by atoms with Crippen LogP contribution >= 0.6 is 0 Å². The Hall–Kier alpha value is -0.613. The summed E-state index contributed by atoms with van der Waals surface area (Å²) in [6.07, 6.45) is 0.753. The lowest BCUT2D eigenvalue weighted by Crippen LogP contribution is -2.32. The predicted octanol–water partition coefficient (Wildman–Crippen LogP) is 2.47. The highest BCUT2D eigenvalue weighted by Crippen LogP contribution is 2.18. The molecule has 0 aromatic carbocycles. The second-order valence-electron chi connectivity index (χ2n) is 3.95. The molecule has 0 aromatic rings. The van der Waals surface area contributed by atoms with Gasteiger partial charge in [-0.15, -0.1) is 0 Å². The molecule has 0 aromatic heterocycles. The number of esters is 1. The Balaban J connectivity index is 3.71. The van der Waals surface area contributed by atoms with Crippen LogP contribution in [0.15, 0.2) is 12.2 Å². The van der Waals surface area contributed by atoms with Gasteiger partial charge < -0.3 is 9.53 Å². The van der Waals surface area contributed by atoms with Crippen molar-refractivity contribution in [2.75, 3.05) is 6.61 Å². The minimum absolute atomic E-state index is 0.340. The summed E-state index contributed by atoms with van der Waals surface area (Å²) in [5.74, 6) is -0.340. The number of hydrogen-bond donors (Lipinski definition) is 1. The van der Waals surface area contributed by atoms with Gasteiger partial charge in [0.05, 0.1) is 6.61 Å². The Morgan fingerprint density at radius 2 is 1.93 bits per heavy atom. The van der Waals surface area contributed by atoms with Gasteiger partial charge in [-0.3, -0.25) is 0 Å². The zero-order chi connectivity index (χ0) is 11.9. The third-order valence-electron chi connectivity index (χ3n) is 2.68. The second-order valence-corrected chi connectivity index (χ2v) is 8.31. The van der Waals surface area contributed by atoms with E-state index in [1.165, 1.54) is 0 Å². The second kappa shape index (κ2) is 6.79. The lowest BCUT2D eigenvalue weighted by molar-refractivity contribution is -0.138. The molecular weight excluding hydrogens is 208 g/mol. The van der Waals surface area contributed by atoms with Gasteiger partial charge >= 0.3 is 5.97 Å². The molecule has 0 rings (SSSR count). The Morgan fingerprint density at radius 3 is 2.33 bits per heavy atom. The van der Waals surface area contributed by atoms with E-state index in [1.807, 2.05) is 13.8 Å². The molecule has 1 N–H and O–H groups in total. The van der Waals surface area contributed by atoms with E-state index in [0.717, 1.165) is 24.6 Å². The van der Waals surface area contributed by atoms with E-state index in [0.29, 0.717) is 12.2 Å². The average molecular weight is 230 g/mol. The first-order valence-corrected chi connectivity index (χ1v) is 8.07. The zero-order valence-corrected chi connectivity index (χ0v) is 11.0. The van der Waals surface area contributed by atoms with Gasteiger partial charge in [-0.05, 0) is 31.5 Å². The predicted molar refractivity (Wildman–Crippen MR) is 64.1 cm³/mol. The van der Waals surface area contributed by atoms with Crippen LogP contribution in [-0.4, -0.2) is 25.7 Å². The highest BCUT2D eigenvalue weighted by atomic mass is 28.4. The minimum atomic E-state index is -2.01. The van der Waals surface area contributed by atoms with Gasteiger partial charge in [0.25, 0.3) is 0 Å². The van der Waals surface area contributed by atoms with Crippen molar-refractivity contribution in [1.82, 2.24) is 0 Å². The third-order valence-corrected chi connectivity index (χ3v) is 6.60. The molecule has 0 heterocycles. The van der Waals surface area contributed by atoms with Gasteiger partial charge in [-0.25, -0.2) is 4.79 Å². The van der Waals surface area contributed by atoms with Crippen LogP contribution in [0.25, 0.3) is 0 Å². The van der Waals surface area contributed by atoms with Crippen LogP contribution in [0.5, 0.6) is 0 Å².